The van der Waals surface area contributed by atoms with E-state index in [0.717, 1.165) is 22.8 Å². The van der Waals surface area contributed by atoms with Crippen LogP contribution in [0.5, 0.6) is 0 Å². The molecule has 0 spiro atoms. The zero-order valence-electron chi connectivity index (χ0n) is 12.2. The zero-order valence-corrected chi connectivity index (χ0v) is 12.2. The number of hydrogen-bond donors (Lipinski definition) is 1. The van der Waals surface area contributed by atoms with E-state index in [9.17, 15) is 8.78 Å². The minimum Gasteiger partial charge on any atom is -0.380 e. The number of ether oxygens (including phenoxy) is 1. The highest BCUT2D eigenvalue weighted by Crippen LogP contribution is 2.17. The van der Waals surface area contributed by atoms with Gasteiger partial charge in [0, 0.05) is 19.7 Å². The van der Waals surface area contributed by atoms with Gasteiger partial charge in [-0.05, 0) is 35.7 Å². The molecular formula is C17H19F2NO. The lowest BCUT2D eigenvalue weighted by Gasteiger charge is -2.15. The zero-order chi connectivity index (χ0) is 15.2. The van der Waals surface area contributed by atoms with Crippen LogP contribution in [-0.4, -0.2) is 7.11 Å². The van der Waals surface area contributed by atoms with E-state index in [1.165, 1.54) is 6.07 Å². The van der Waals surface area contributed by atoms with Crippen molar-refractivity contribution in [3.8, 4) is 0 Å². The van der Waals surface area contributed by atoms with Crippen LogP contribution in [0.4, 0.5) is 8.78 Å². The van der Waals surface area contributed by atoms with Crippen molar-refractivity contribution in [3.05, 3.63) is 70.8 Å². The summed E-state index contributed by atoms with van der Waals surface area (Å²) in [6.45, 7) is 3.15. The molecule has 1 atom stereocenters. The molecule has 0 radical (unpaired) electrons. The molecule has 21 heavy (non-hydrogen) atoms. The van der Waals surface area contributed by atoms with Gasteiger partial charge in [0.1, 0.15) is 0 Å². The topological polar surface area (TPSA) is 21.3 Å². The van der Waals surface area contributed by atoms with Gasteiger partial charge in [-0.2, -0.15) is 0 Å². The molecule has 4 heteroatoms. The third-order valence-electron chi connectivity index (χ3n) is 3.36. The monoisotopic (exact) mass is 291 g/mol. The maximum Gasteiger partial charge on any atom is 0.159 e. The largest absolute Gasteiger partial charge is 0.380 e. The van der Waals surface area contributed by atoms with Crippen LogP contribution in [0.25, 0.3) is 0 Å². The SMILES string of the molecule is COCc1cccc(CNC(C)c2ccc(F)c(F)c2)c1. The van der Waals surface area contributed by atoms with Gasteiger partial charge in [0.05, 0.1) is 6.61 Å². The van der Waals surface area contributed by atoms with E-state index in [4.69, 9.17) is 4.74 Å². The van der Waals surface area contributed by atoms with Gasteiger partial charge in [-0.25, -0.2) is 8.78 Å². The fourth-order valence-corrected chi connectivity index (χ4v) is 2.17. The number of benzene rings is 2. The molecule has 0 amide bonds. The predicted octanol–water partition coefficient (Wildman–Crippen LogP) is 3.96. The maximum atomic E-state index is 13.2. The summed E-state index contributed by atoms with van der Waals surface area (Å²) in [6, 6.07) is 12.0. The Morgan fingerprint density at radius 3 is 2.52 bits per heavy atom. The van der Waals surface area contributed by atoms with E-state index in [2.05, 4.69) is 11.4 Å². The number of halogens is 2. The molecule has 0 saturated carbocycles. The van der Waals surface area contributed by atoms with Crippen molar-refractivity contribution in [3.63, 3.8) is 0 Å². The van der Waals surface area contributed by atoms with E-state index >= 15 is 0 Å². The second-order valence-corrected chi connectivity index (χ2v) is 5.03. The maximum absolute atomic E-state index is 13.2. The summed E-state index contributed by atoms with van der Waals surface area (Å²) in [6.07, 6.45) is 0. The van der Waals surface area contributed by atoms with Gasteiger partial charge in [0.15, 0.2) is 11.6 Å². The summed E-state index contributed by atoms with van der Waals surface area (Å²) in [5.41, 5.74) is 2.96. The Morgan fingerprint density at radius 1 is 1.05 bits per heavy atom. The molecule has 0 heterocycles. The van der Waals surface area contributed by atoms with Crippen LogP contribution in [0, 0.1) is 11.6 Å². The molecule has 1 N–H and O–H groups in total. The Balaban J connectivity index is 1.98. The van der Waals surface area contributed by atoms with Crippen LogP contribution >= 0.6 is 0 Å². The third-order valence-corrected chi connectivity index (χ3v) is 3.36. The van der Waals surface area contributed by atoms with Gasteiger partial charge >= 0.3 is 0 Å². The molecule has 2 aromatic carbocycles. The molecule has 112 valence electrons. The minimum atomic E-state index is -0.821. The van der Waals surface area contributed by atoms with E-state index < -0.39 is 11.6 Å². The van der Waals surface area contributed by atoms with Gasteiger partial charge < -0.3 is 10.1 Å². The predicted molar refractivity (Wildman–Crippen MR) is 78.8 cm³/mol. The summed E-state index contributed by atoms with van der Waals surface area (Å²) in [7, 11) is 1.66. The first kappa shape index (κ1) is 15.6. The van der Waals surface area contributed by atoms with Crippen LogP contribution in [0.3, 0.4) is 0 Å². The van der Waals surface area contributed by atoms with Crippen LogP contribution in [0.2, 0.25) is 0 Å². The first-order valence-electron chi connectivity index (χ1n) is 6.85. The lowest BCUT2D eigenvalue weighted by molar-refractivity contribution is 0.185. The van der Waals surface area contributed by atoms with Crippen LogP contribution < -0.4 is 5.32 Å². The van der Waals surface area contributed by atoms with Gasteiger partial charge in [0.2, 0.25) is 0 Å². The molecule has 1 unspecified atom stereocenters. The van der Waals surface area contributed by atoms with Gasteiger partial charge in [-0.1, -0.05) is 30.3 Å². The molecular weight excluding hydrogens is 272 g/mol. The third kappa shape index (κ3) is 4.34. The molecule has 2 rings (SSSR count). The molecule has 0 bridgehead atoms. The first-order valence-corrected chi connectivity index (χ1v) is 6.85. The Hall–Kier alpha value is -1.78. The summed E-state index contributed by atoms with van der Waals surface area (Å²) in [4.78, 5) is 0. The number of hydrogen-bond acceptors (Lipinski definition) is 2. The number of rotatable bonds is 6. The summed E-state index contributed by atoms with van der Waals surface area (Å²) >= 11 is 0. The average Bonchev–Trinajstić information content (AvgIpc) is 2.48. The van der Waals surface area contributed by atoms with Gasteiger partial charge in [0.25, 0.3) is 0 Å². The summed E-state index contributed by atoms with van der Waals surface area (Å²) in [5.74, 6) is -1.64. The van der Waals surface area contributed by atoms with E-state index in [0.29, 0.717) is 13.2 Å². The molecule has 0 fully saturated rings. The minimum absolute atomic E-state index is 0.0637. The normalized spacial score (nSPS) is 12.4. The molecule has 2 nitrogen and oxygen atoms in total. The van der Waals surface area contributed by atoms with Crippen molar-refractivity contribution in [2.24, 2.45) is 0 Å². The molecule has 0 aliphatic rings. The lowest BCUT2D eigenvalue weighted by Crippen LogP contribution is -2.18. The van der Waals surface area contributed by atoms with Crippen molar-refractivity contribution in [2.75, 3.05) is 7.11 Å². The van der Waals surface area contributed by atoms with Crippen LogP contribution in [0.1, 0.15) is 29.7 Å². The van der Waals surface area contributed by atoms with E-state index in [1.54, 1.807) is 13.2 Å². The van der Waals surface area contributed by atoms with Crippen LogP contribution in [0.15, 0.2) is 42.5 Å². The fraction of sp³-hybridized carbons (Fsp3) is 0.294. The van der Waals surface area contributed by atoms with Crippen molar-refractivity contribution in [1.29, 1.82) is 0 Å². The quantitative estimate of drug-likeness (QED) is 0.869. The molecule has 0 aliphatic heterocycles. The highest BCUT2D eigenvalue weighted by atomic mass is 19.2. The summed E-state index contributed by atoms with van der Waals surface area (Å²) in [5, 5.41) is 3.30. The molecule has 0 aliphatic carbocycles. The molecule has 0 saturated heterocycles. The Labute approximate surface area is 123 Å². The second kappa shape index (κ2) is 7.29. The highest BCUT2D eigenvalue weighted by molar-refractivity contribution is 5.24. The van der Waals surface area contributed by atoms with E-state index in [-0.39, 0.29) is 6.04 Å². The first-order chi connectivity index (χ1) is 10.1. The van der Waals surface area contributed by atoms with Crippen molar-refractivity contribution in [2.45, 2.75) is 26.1 Å². The van der Waals surface area contributed by atoms with E-state index in [1.807, 2.05) is 25.1 Å². The second-order valence-electron chi connectivity index (χ2n) is 5.03. The standard InChI is InChI=1S/C17H19F2NO/c1-12(15-6-7-16(18)17(19)9-15)20-10-13-4-3-5-14(8-13)11-21-2/h3-9,12,20H,10-11H2,1-2H3. The smallest absolute Gasteiger partial charge is 0.159 e. The average molecular weight is 291 g/mol. The Kier molecular flexibility index (Phi) is 5.42. The Morgan fingerprint density at radius 2 is 1.81 bits per heavy atom. The lowest BCUT2D eigenvalue weighted by atomic mass is 10.1. The van der Waals surface area contributed by atoms with Crippen molar-refractivity contribution < 1.29 is 13.5 Å². The van der Waals surface area contributed by atoms with Gasteiger partial charge in [-0.15, -0.1) is 0 Å². The van der Waals surface area contributed by atoms with Gasteiger partial charge in [-0.3, -0.25) is 0 Å². The number of nitrogens with one attached hydrogen (secondary N) is 1. The van der Waals surface area contributed by atoms with Crippen molar-refractivity contribution >= 4 is 0 Å². The number of methoxy groups -OCH3 is 1. The molecule has 0 aromatic heterocycles. The molecule has 2 aromatic rings. The van der Waals surface area contributed by atoms with Crippen LogP contribution in [-0.2, 0) is 17.9 Å². The fourth-order valence-electron chi connectivity index (χ4n) is 2.17. The highest BCUT2D eigenvalue weighted by Gasteiger charge is 2.09. The summed E-state index contributed by atoms with van der Waals surface area (Å²) < 4.78 is 31.3. The van der Waals surface area contributed by atoms with Crippen molar-refractivity contribution in [1.82, 2.24) is 5.32 Å². The Bertz CT molecular complexity index is 601.